The lowest BCUT2D eigenvalue weighted by Gasteiger charge is -1.99. The van der Waals surface area contributed by atoms with Gasteiger partial charge in [0.15, 0.2) is 0 Å². The molecule has 0 aliphatic carbocycles. The second-order valence-corrected chi connectivity index (χ2v) is 3.66. The number of carbonyl (C=O) groups excluding carboxylic acids is 2. The molecule has 0 saturated heterocycles. The van der Waals surface area contributed by atoms with Crippen LogP contribution in [0, 0.1) is 0 Å². The molecule has 0 aliphatic heterocycles. The Hall–Kier alpha value is -1.40. The topological polar surface area (TPSA) is 98.2 Å². The van der Waals surface area contributed by atoms with Gasteiger partial charge in [0.1, 0.15) is 0 Å². The van der Waals surface area contributed by atoms with Gasteiger partial charge in [-0.05, 0) is 12.1 Å². The van der Waals surface area contributed by atoms with Crippen LogP contribution in [-0.2, 0) is 0 Å². The third kappa shape index (κ3) is 2.54. The average Bonchev–Trinajstić information content (AvgIpc) is 2.62. The lowest BCUT2D eigenvalue weighted by Crippen LogP contribution is -2.28. The summed E-state index contributed by atoms with van der Waals surface area (Å²) in [6.07, 6.45) is 0. The molecule has 0 saturated carbocycles. The highest BCUT2D eigenvalue weighted by Crippen LogP contribution is 2.15. The zero-order valence-electron chi connectivity index (χ0n) is 7.45. The molecule has 1 heterocycles. The van der Waals surface area contributed by atoms with E-state index in [0.717, 1.165) is 11.3 Å². The maximum Gasteiger partial charge on any atom is 0.261 e. The molecular weight excluding hydrogens is 202 g/mol. The Morgan fingerprint density at radius 2 is 2.00 bits per heavy atom. The summed E-state index contributed by atoms with van der Waals surface area (Å²) in [5.74, 6) is -0.749. The smallest absolute Gasteiger partial charge is 0.261 e. The Labute approximate surface area is 85.1 Å². The zero-order chi connectivity index (χ0) is 10.6. The fraction of sp³-hybridized carbons (Fsp3) is 0.250. The van der Waals surface area contributed by atoms with Gasteiger partial charge in [0, 0.05) is 13.1 Å². The molecule has 0 aliphatic rings. The number of primary amides is 1. The molecule has 6 heteroatoms. The highest BCUT2D eigenvalue weighted by Gasteiger charge is 2.10. The second-order valence-electron chi connectivity index (χ2n) is 2.57. The second kappa shape index (κ2) is 4.73. The Kier molecular flexibility index (Phi) is 3.61. The standard InChI is InChI=1S/C8H11N3O2S/c9-3-4-11-8(13)6-2-1-5(14-6)7(10)12/h1-2H,3-4,9H2,(H2,10,12)(H,11,13). The lowest BCUT2D eigenvalue weighted by atomic mass is 10.4. The van der Waals surface area contributed by atoms with E-state index >= 15 is 0 Å². The summed E-state index contributed by atoms with van der Waals surface area (Å²) in [6.45, 7) is 0.808. The molecule has 1 aromatic heterocycles. The Bertz CT molecular complexity index is 348. The largest absolute Gasteiger partial charge is 0.365 e. The van der Waals surface area contributed by atoms with Crippen molar-refractivity contribution in [3.8, 4) is 0 Å². The Morgan fingerprint density at radius 3 is 2.50 bits per heavy atom. The molecule has 2 amide bonds. The van der Waals surface area contributed by atoms with Crippen LogP contribution in [0.2, 0.25) is 0 Å². The Morgan fingerprint density at radius 1 is 1.36 bits per heavy atom. The number of carbonyl (C=O) groups is 2. The fourth-order valence-corrected chi connectivity index (χ4v) is 1.64. The van der Waals surface area contributed by atoms with E-state index in [1.165, 1.54) is 6.07 Å². The molecule has 0 unspecified atom stereocenters. The van der Waals surface area contributed by atoms with Crippen LogP contribution in [0.5, 0.6) is 0 Å². The zero-order valence-corrected chi connectivity index (χ0v) is 8.26. The van der Waals surface area contributed by atoms with Gasteiger partial charge in [-0.3, -0.25) is 9.59 Å². The molecule has 76 valence electrons. The summed E-state index contributed by atoms with van der Waals surface area (Å²) in [6, 6.07) is 3.10. The van der Waals surface area contributed by atoms with Crippen LogP contribution in [0.15, 0.2) is 12.1 Å². The van der Waals surface area contributed by atoms with Crippen molar-refractivity contribution in [1.29, 1.82) is 0 Å². The van der Waals surface area contributed by atoms with Crippen LogP contribution >= 0.6 is 11.3 Å². The lowest BCUT2D eigenvalue weighted by molar-refractivity contribution is 0.0958. The van der Waals surface area contributed by atoms with Crippen molar-refractivity contribution in [1.82, 2.24) is 5.32 Å². The SMILES string of the molecule is NCCNC(=O)c1ccc(C(N)=O)s1. The van der Waals surface area contributed by atoms with Gasteiger partial charge in [0.2, 0.25) is 0 Å². The van der Waals surface area contributed by atoms with Gasteiger partial charge in [0.05, 0.1) is 9.75 Å². The predicted octanol–water partition coefficient (Wildman–Crippen LogP) is -0.465. The van der Waals surface area contributed by atoms with Crippen molar-refractivity contribution < 1.29 is 9.59 Å². The number of nitrogens with one attached hydrogen (secondary N) is 1. The van der Waals surface area contributed by atoms with Crippen molar-refractivity contribution in [3.05, 3.63) is 21.9 Å². The van der Waals surface area contributed by atoms with Crippen LogP contribution < -0.4 is 16.8 Å². The van der Waals surface area contributed by atoms with Crippen LogP contribution in [0.25, 0.3) is 0 Å². The number of thiophene rings is 1. The van der Waals surface area contributed by atoms with Crippen molar-refractivity contribution in [2.24, 2.45) is 11.5 Å². The van der Waals surface area contributed by atoms with E-state index in [4.69, 9.17) is 11.5 Å². The molecule has 1 rings (SSSR count). The molecule has 0 bridgehead atoms. The minimum atomic E-state index is -0.520. The number of rotatable bonds is 4. The fourth-order valence-electron chi connectivity index (χ4n) is 0.865. The van der Waals surface area contributed by atoms with Gasteiger partial charge >= 0.3 is 0 Å². The highest BCUT2D eigenvalue weighted by atomic mass is 32.1. The van der Waals surface area contributed by atoms with Gasteiger partial charge < -0.3 is 16.8 Å². The van der Waals surface area contributed by atoms with Crippen molar-refractivity contribution in [2.45, 2.75) is 0 Å². The molecule has 0 fully saturated rings. The number of hydrogen-bond acceptors (Lipinski definition) is 4. The van der Waals surface area contributed by atoms with E-state index in [2.05, 4.69) is 5.32 Å². The number of nitrogens with two attached hydrogens (primary N) is 2. The van der Waals surface area contributed by atoms with Gasteiger partial charge in [-0.15, -0.1) is 11.3 Å². The van der Waals surface area contributed by atoms with Crippen LogP contribution in [0.4, 0.5) is 0 Å². The van der Waals surface area contributed by atoms with Crippen molar-refractivity contribution in [2.75, 3.05) is 13.1 Å². The molecule has 5 N–H and O–H groups in total. The van der Waals surface area contributed by atoms with E-state index in [9.17, 15) is 9.59 Å². The van der Waals surface area contributed by atoms with Gasteiger partial charge in [-0.1, -0.05) is 0 Å². The van der Waals surface area contributed by atoms with Gasteiger partial charge in [0.25, 0.3) is 11.8 Å². The molecule has 0 aromatic carbocycles. The molecule has 14 heavy (non-hydrogen) atoms. The maximum absolute atomic E-state index is 11.3. The predicted molar refractivity (Wildman–Crippen MR) is 54.2 cm³/mol. The average molecular weight is 213 g/mol. The summed E-state index contributed by atoms with van der Waals surface area (Å²) in [4.78, 5) is 22.9. The van der Waals surface area contributed by atoms with E-state index < -0.39 is 5.91 Å². The van der Waals surface area contributed by atoms with Crippen LogP contribution in [0.3, 0.4) is 0 Å². The van der Waals surface area contributed by atoms with Crippen LogP contribution in [-0.4, -0.2) is 24.9 Å². The molecule has 5 nitrogen and oxygen atoms in total. The monoisotopic (exact) mass is 213 g/mol. The number of hydrogen-bond donors (Lipinski definition) is 3. The summed E-state index contributed by atoms with van der Waals surface area (Å²) >= 11 is 1.07. The number of amides is 2. The van der Waals surface area contributed by atoms with E-state index in [0.29, 0.717) is 22.8 Å². The maximum atomic E-state index is 11.3. The van der Waals surface area contributed by atoms with E-state index in [-0.39, 0.29) is 5.91 Å². The molecule has 1 aromatic rings. The van der Waals surface area contributed by atoms with E-state index in [1.54, 1.807) is 6.07 Å². The van der Waals surface area contributed by atoms with Gasteiger partial charge in [-0.25, -0.2) is 0 Å². The minimum Gasteiger partial charge on any atom is -0.365 e. The quantitative estimate of drug-likeness (QED) is 0.631. The van der Waals surface area contributed by atoms with Crippen molar-refractivity contribution in [3.63, 3.8) is 0 Å². The summed E-state index contributed by atoms with van der Waals surface area (Å²) < 4.78 is 0. The third-order valence-electron chi connectivity index (χ3n) is 1.50. The first-order valence-corrected chi connectivity index (χ1v) is 4.84. The molecular formula is C8H11N3O2S. The first-order valence-electron chi connectivity index (χ1n) is 4.03. The first kappa shape index (κ1) is 10.7. The van der Waals surface area contributed by atoms with Crippen molar-refractivity contribution >= 4 is 23.2 Å². The van der Waals surface area contributed by atoms with Gasteiger partial charge in [-0.2, -0.15) is 0 Å². The minimum absolute atomic E-state index is 0.229. The highest BCUT2D eigenvalue weighted by molar-refractivity contribution is 7.15. The van der Waals surface area contributed by atoms with Crippen LogP contribution in [0.1, 0.15) is 19.3 Å². The molecule has 0 atom stereocenters. The Balaban J connectivity index is 2.66. The third-order valence-corrected chi connectivity index (χ3v) is 2.60. The van der Waals surface area contributed by atoms with E-state index in [1.807, 2.05) is 0 Å². The summed E-state index contributed by atoms with van der Waals surface area (Å²) in [5.41, 5.74) is 10.3. The first-order chi connectivity index (χ1) is 6.65. The molecule has 0 radical (unpaired) electrons. The summed E-state index contributed by atoms with van der Waals surface area (Å²) in [7, 11) is 0. The normalized spacial score (nSPS) is 9.79. The summed E-state index contributed by atoms with van der Waals surface area (Å²) in [5, 5.41) is 2.60. The molecule has 0 spiro atoms.